The van der Waals surface area contributed by atoms with Crippen molar-refractivity contribution in [2.24, 2.45) is 0 Å². The van der Waals surface area contributed by atoms with Crippen molar-refractivity contribution >= 4 is 23.1 Å². The monoisotopic (exact) mass is 216 g/mol. The highest BCUT2D eigenvalue weighted by atomic mass is 31.1. The number of rotatable bonds is 5. The van der Waals surface area contributed by atoms with Crippen molar-refractivity contribution in [1.82, 2.24) is 0 Å². The molecule has 3 nitrogen and oxygen atoms in total. The molecule has 3 atom stereocenters. The molecule has 0 aromatic heterocycles. The zero-order valence-corrected chi connectivity index (χ0v) is 10.4. The average Bonchev–Trinajstić information content (AvgIpc) is 2.57. The number of methoxy groups -OCH3 is 1. The first-order valence-corrected chi connectivity index (χ1v) is 7.31. The third-order valence-electron chi connectivity index (χ3n) is 2.53. The van der Waals surface area contributed by atoms with E-state index in [2.05, 4.69) is 21.1 Å². The van der Waals surface area contributed by atoms with E-state index < -0.39 is 0 Å². The largest absolute Gasteiger partial charge is 0.379 e. The van der Waals surface area contributed by atoms with Crippen molar-refractivity contribution in [3.63, 3.8) is 0 Å². The number of hydrogen-bond donors (Lipinski definition) is 0. The van der Waals surface area contributed by atoms with E-state index in [4.69, 9.17) is 14.0 Å². The SMILES string of the molecule is BBC1CC(OC)C(COP(C)C)O1. The van der Waals surface area contributed by atoms with Gasteiger partial charge in [0.25, 0.3) is 0 Å². The fourth-order valence-electron chi connectivity index (χ4n) is 1.68. The van der Waals surface area contributed by atoms with E-state index in [0.717, 1.165) is 13.6 Å². The summed E-state index contributed by atoms with van der Waals surface area (Å²) < 4.78 is 16.8. The summed E-state index contributed by atoms with van der Waals surface area (Å²) in [6, 6.07) is 0.355. The Morgan fingerprint density at radius 1 is 1.57 bits per heavy atom. The molecule has 0 aromatic carbocycles. The minimum atomic E-state index is -0.295. The van der Waals surface area contributed by atoms with Crippen molar-refractivity contribution in [1.29, 1.82) is 0 Å². The van der Waals surface area contributed by atoms with Crippen LogP contribution in [0, 0.1) is 0 Å². The maximum Gasteiger partial charge on any atom is 0.119 e. The molecule has 0 spiro atoms. The minimum absolute atomic E-state index is 0.134. The summed E-state index contributed by atoms with van der Waals surface area (Å²) in [5, 5.41) is 0. The first-order chi connectivity index (χ1) is 6.67. The number of hydrogen-bond acceptors (Lipinski definition) is 3. The van der Waals surface area contributed by atoms with Gasteiger partial charge in [0, 0.05) is 21.3 Å². The molecule has 0 saturated carbocycles. The van der Waals surface area contributed by atoms with E-state index in [-0.39, 0.29) is 20.4 Å². The highest BCUT2D eigenvalue weighted by Gasteiger charge is 2.34. The Balaban J connectivity index is 2.34. The summed E-state index contributed by atoms with van der Waals surface area (Å²) >= 11 is 0. The lowest BCUT2D eigenvalue weighted by Crippen LogP contribution is -2.27. The molecule has 0 N–H and O–H groups in total. The molecule has 0 aliphatic carbocycles. The highest BCUT2D eigenvalue weighted by Crippen LogP contribution is 2.29. The Kier molecular flexibility index (Phi) is 5.47. The Bertz CT molecular complexity index is 171. The van der Waals surface area contributed by atoms with Crippen LogP contribution in [0.5, 0.6) is 0 Å². The predicted molar refractivity (Wildman–Crippen MR) is 64.5 cm³/mol. The third kappa shape index (κ3) is 3.54. The zero-order chi connectivity index (χ0) is 10.6. The fraction of sp³-hybridized carbons (Fsp3) is 1.00. The lowest BCUT2D eigenvalue weighted by molar-refractivity contribution is -0.0127. The molecule has 1 fully saturated rings. The van der Waals surface area contributed by atoms with Gasteiger partial charge in [-0.1, -0.05) is 0 Å². The molecule has 1 rings (SSSR count). The summed E-state index contributed by atoms with van der Waals surface area (Å²) in [5.41, 5.74) is 0. The van der Waals surface area contributed by atoms with Crippen LogP contribution >= 0.6 is 8.15 Å². The maximum atomic E-state index is 5.82. The van der Waals surface area contributed by atoms with Crippen LogP contribution in [0.4, 0.5) is 0 Å². The highest BCUT2D eigenvalue weighted by molar-refractivity contribution is 7.50. The molecule has 6 heteroatoms. The lowest BCUT2D eigenvalue weighted by Gasteiger charge is -2.18. The van der Waals surface area contributed by atoms with Crippen LogP contribution in [0.3, 0.4) is 0 Å². The van der Waals surface area contributed by atoms with Crippen LogP contribution in [-0.2, 0) is 14.0 Å². The third-order valence-corrected chi connectivity index (χ3v) is 3.20. The summed E-state index contributed by atoms with van der Waals surface area (Å²) in [6.45, 7) is 4.88. The molecule has 1 aliphatic heterocycles. The zero-order valence-electron chi connectivity index (χ0n) is 9.53. The molecule has 80 valence electrons. The Hall–Kier alpha value is 0.440. The molecule has 0 amide bonds. The van der Waals surface area contributed by atoms with Gasteiger partial charge in [-0.2, -0.15) is 0 Å². The van der Waals surface area contributed by atoms with Crippen LogP contribution in [0.25, 0.3) is 0 Å². The van der Waals surface area contributed by atoms with Crippen LogP contribution in [0.1, 0.15) is 6.42 Å². The average molecular weight is 216 g/mol. The van der Waals surface area contributed by atoms with Crippen molar-refractivity contribution in [2.75, 3.05) is 27.0 Å². The molecular formula is C8H19B2O3P. The quantitative estimate of drug-likeness (QED) is 0.469. The molecule has 3 unspecified atom stereocenters. The van der Waals surface area contributed by atoms with E-state index >= 15 is 0 Å². The summed E-state index contributed by atoms with van der Waals surface area (Å²) in [6.07, 6.45) is 1.36. The molecule has 1 heterocycles. The molecule has 0 bridgehead atoms. The Morgan fingerprint density at radius 2 is 2.29 bits per heavy atom. The molecule has 1 aliphatic rings. The van der Waals surface area contributed by atoms with Crippen LogP contribution < -0.4 is 0 Å². The first kappa shape index (κ1) is 12.5. The Labute approximate surface area is 89.3 Å². The van der Waals surface area contributed by atoms with Crippen LogP contribution in [-0.4, -0.2) is 60.2 Å². The van der Waals surface area contributed by atoms with Gasteiger partial charge in [0.15, 0.2) is 0 Å². The first-order valence-electron chi connectivity index (χ1n) is 5.15. The van der Waals surface area contributed by atoms with Gasteiger partial charge in [-0.25, -0.2) is 0 Å². The second-order valence-electron chi connectivity index (χ2n) is 3.82. The van der Waals surface area contributed by atoms with E-state index in [0.29, 0.717) is 12.6 Å². The van der Waals surface area contributed by atoms with Crippen molar-refractivity contribution in [3.8, 4) is 0 Å². The van der Waals surface area contributed by atoms with Gasteiger partial charge in [0.2, 0.25) is 0 Å². The smallest absolute Gasteiger partial charge is 0.119 e. The van der Waals surface area contributed by atoms with E-state index in [1.165, 1.54) is 0 Å². The molecule has 0 radical (unpaired) electrons. The van der Waals surface area contributed by atoms with Gasteiger partial charge in [-0.15, -0.1) is 0 Å². The predicted octanol–water partition coefficient (Wildman–Crippen LogP) is -0.226. The second kappa shape index (κ2) is 6.12. The topological polar surface area (TPSA) is 27.7 Å². The molecule has 0 aromatic rings. The second-order valence-corrected chi connectivity index (χ2v) is 5.71. The maximum absolute atomic E-state index is 5.82. The van der Waals surface area contributed by atoms with Crippen molar-refractivity contribution in [3.05, 3.63) is 0 Å². The van der Waals surface area contributed by atoms with Gasteiger partial charge in [-0.05, 0) is 19.8 Å². The molecule has 14 heavy (non-hydrogen) atoms. The summed E-state index contributed by atoms with van der Waals surface area (Å²) in [5.74, 6) is 0. The van der Waals surface area contributed by atoms with E-state index in [1.807, 2.05) is 0 Å². The van der Waals surface area contributed by atoms with Gasteiger partial charge < -0.3 is 14.0 Å². The lowest BCUT2D eigenvalue weighted by atomic mass is 9.51. The Morgan fingerprint density at radius 3 is 2.79 bits per heavy atom. The minimum Gasteiger partial charge on any atom is -0.379 e. The van der Waals surface area contributed by atoms with Crippen LogP contribution in [0.2, 0.25) is 0 Å². The van der Waals surface area contributed by atoms with Crippen LogP contribution in [0.15, 0.2) is 0 Å². The van der Waals surface area contributed by atoms with Crippen molar-refractivity contribution in [2.45, 2.75) is 24.6 Å². The number of ether oxygens (including phenoxy) is 2. The van der Waals surface area contributed by atoms with Crippen molar-refractivity contribution < 1.29 is 14.0 Å². The van der Waals surface area contributed by atoms with E-state index in [1.54, 1.807) is 7.11 Å². The van der Waals surface area contributed by atoms with Gasteiger partial charge in [0.1, 0.15) is 13.3 Å². The summed E-state index contributed by atoms with van der Waals surface area (Å²) in [7, 11) is 4.66. The van der Waals surface area contributed by atoms with Gasteiger partial charge in [0.05, 0.1) is 20.4 Å². The van der Waals surface area contributed by atoms with Gasteiger partial charge in [-0.3, -0.25) is 0 Å². The summed E-state index contributed by atoms with van der Waals surface area (Å²) in [4.78, 5) is 0. The fourth-order valence-corrected chi connectivity index (χ4v) is 2.13. The standard InChI is InChI=1S/C8H19B2O3P/c1-11-6-4-8(10-9)13-7(6)5-12-14(2)3/h6-8,10H,4-5,9H2,1-3H3. The molecular weight excluding hydrogens is 197 g/mol. The van der Waals surface area contributed by atoms with Gasteiger partial charge >= 0.3 is 0 Å². The molecule has 1 saturated heterocycles. The van der Waals surface area contributed by atoms with E-state index in [9.17, 15) is 0 Å². The normalized spacial score (nSPS) is 32.4.